The molecule has 2 atom stereocenters. The van der Waals surface area contributed by atoms with Gasteiger partial charge in [0.2, 0.25) is 5.91 Å². The summed E-state index contributed by atoms with van der Waals surface area (Å²) in [5.74, 6) is 7.11. The van der Waals surface area contributed by atoms with Gasteiger partial charge in [-0.05, 0) is 26.3 Å². The minimum atomic E-state index is 0.126. The molecule has 1 amide bonds. The van der Waals surface area contributed by atoms with Crippen LogP contribution >= 0.6 is 0 Å². The van der Waals surface area contributed by atoms with E-state index >= 15 is 0 Å². The van der Waals surface area contributed by atoms with E-state index in [-0.39, 0.29) is 17.9 Å². The summed E-state index contributed by atoms with van der Waals surface area (Å²) in [6, 6.07) is 2.08. The number of carbonyl (C=O) groups excluding carboxylic acids is 1. The SMILES string of the molecule is Cc1cc(NN)nc(CN2CCCC3C(=O)NCC32)n1. The number of rotatable bonds is 3. The van der Waals surface area contributed by atoms with Gasteiger partial charge in [-0.25, -0.2) is 15.8 Å². The number of hydrogen-bond donors (Lipinski definition) is 3. The van der Waals surface area contributed by atoms with Crippen LogP contribution in [0.25, 0.3) is 0 Å². The summed E-state index contributed by atoms with van der Waals surface area (Å²) in [5, 5.41) is 2.96. The van der Waals surface area contributed by atoms with Crippen molar-refractivity contribution >= 4 is 11.7 Å². The molecule has 0 aliphatic carbocycles. The molecule has 7 nitrogen and oxygen atoms in total. The maximum absolute atomic E-state index is 11.8. The standard InChI is InChI=1S/C13H20N6O/c1-8-5-11(18-14)17-12(16-8)7-19-4-2-3-9-10(19)6-15-13(9)20/h5,9-10H,2-4,6-7,14H2,1H3,(H,15,20)(H,16,17,18). The second-order valence-corrected chi connectivity index (χ2v) is 5.49. The van der Waals surface area contributed by atoms with Crippen LogP contribution in [0.15, 0.2) is 6.07 Å². The highest BCUT2D eigenvalue weighted by molar-refractivity contribution is 5.82. The van der Waals surface area contributed by atoms with Gasteiger partial charge < -0.3 is 10.7 Å². The smallest absolute Gasteiger partial charge is 0.224 e. The minimum Gasteiger partial charge on any atom is -0.354 e. The Balaban J connectivity index is 1.77. The number of anilines is 1. The van der Waals surface area contributed by atoms with Crippen LogP contribution in [0.1, 0.15) is 24.4 Å². The fourth-order valence-corrected chi connectivity index (χ4v) is 3.19. The highest BCUT2D eigenvalue weighted by Crippen LogP contribution is 2.28. The van der Waals surface area contributed by atoms with Gasteiger partial charge in [0.05, 0.1) is 12.5 Å². The molecule has 2 saturated heterocycles. The average Bonchev–Trinajstić information content (AvgIpc) is 2.81. The molecule has 1 aromatic heterocycles. The lowest BCUT2D eigenvalue weighted by Crippen LogP contribution is -2.45. The molecule has 3 heterocycles. The number of aryl methyl sites for hydroxylation is 1. The Kier molecular flexibility index (Phi) is 3.54. The summed E-state index contributed by atoms with van der Waals surface area (Å²) < 4.78 is 0. The molecule has 0 bridgehead atoms. The van der Waals surface area contributed by atoms with Crippen LogP contribution in [0.4, 0.5) is 5.82 Å². The van der Waals surface area contributed by atoms with Crippen molar-refractivity contribution in [2.75, 3.05) is 18.5 Å². The molecule has 2 aliphatic heterocycles. The molecule has 20 heavy (non-hydrogen) atoms. The first-order valence-corrected chi connectivity index (χ1v) is 7.00. The van der Waals surface area contributed by atoms with Gasteiger partial charge in [0, 0.05) is 24.3 Å². The van der Waals surface area contributed by atoms with E-state index in [9.17, 15) is 4.79 Å². The highest BCUT2D eigenvalue weighted by atomic mass is 16.2. The first kappa shape index (κ1) is 13.3. The lowest BCUT2D eigenvalue weighted by atomic mass is 9.91. The number of hydrazine groups is 1. The number of nitrogens with two attached hydrogens (primary N) is 1. The third-order valence-electron chi connectivity index (χ3n) is 4.11. The number of fused-ring (bicyclic) bond motifs is 1. The second kappa shape index (κ2) is 5.34. The Labute approximate surface area is 117 Å². The number of hydrogen-bond acceptors (Lipinski definition) is 6. The summed E-state index contributed by atoms with van der Waals surface area (Å²) in [5.41, 5.74) is 3.45. The van der Waals surface area contributed by atoms with Crippen LogP contribution < -0.4 is 16.6 Å². The van der Waals surface area contributed by atoms with Crippen molar-refractivity contribution in [2.24, 2.45) is 11.8 Å². The molecule has 1 aromatic rings. The van der Waals surface area contributed by atoms with Gasteiger partial charge >= 0.3 is 0 Å². The van der Waals surface area contributed by atoms with Crippen molar-refractivity contribution in [1.82, 2.24) is 20.2 Å². The fourth-order valence-electron chi connectivity index (χ4n) is 3.19. The first-order chi connectivity index (χ1) is 9.67. The van der Waals surface area contributed by atoms with Gasteiger partial charge in [-0.15, -0.1) is 0 Å². The van der Waals surface area contributed by atoms with Gasteiger partial charge in [-0.1, -0.05) is 0 Å². The number of carbonyl (C=O) groups is 1. The highest BCUT2D eigenvalue weighted by Gasteiger charge is 2.40. The van der Waals surface area contributed by atoms with E-state index < -0.39 is 0 Å². The number of amides is 1. The maximum atomic E-state index is 11.8. The van der Waals surface area contributed by atoms with Crippen molar-refractivity contribution in [2.45, 2.75) is 32.4 Å². The molecule has 3 rings (SSSR count). The normalized spacial score (nSPS) is 26.2. The first-order valence-electron chi connectivity index (χ1n) is 7.00. The maximum Gasteiger partial charge on any atom is 0.224 e. The molecule has 0 aromatic carbocycles. The summed E-state index contributed by atoms with van der Waals surface area (Å²) in [6.45, 7) is 4.30. The number of aromatic nitrogens is 2. The van der Waals surface area contributed by atoms with Gasteiger partial charge in [0.1, 0.15) is 11.6 Å². The van der Waals surface area contributed by atoms with Crippen molar-refractivity contribution in [3.05, 3.63) is 17.6 Å². The van der Waals surface area contributed by atoms with E-state index in [4.69, 9.17) is 5.84 Å². The molecule has 0 saturated carbocycles. The van der Waals surface area contributed by atoms with E-state index in [0.29, 0.717) is 12.4 Å². The summed E-state index contributed by atoms with van der Waals surface area (Å²) in [7, 11) is 0. The lowest BCUT2D eigenvalue weighted by molar-refractivity contribution is -0.124. The largest absolute Gasteiger partial charge is 0.354 e. The summed E-state index contributed by atoms with van der Waals surface area (Å²) in [6.07, 6.45) is 2.03. The average molecular weight is 276 g/mol. The molecule has 7 heteroatoms. The summed E-state index contributed by atoms with van der Waals surface area (Å²) >= 11 is 0. The molecule has 2 unspecified atom stereocenters. The second-order valence-electron chi connectivity index (χ2n) is 5.49. The van der Waals surface area contributed by atoms with E-state index in [2.05, 4.69) is 25.6 Å². The summed E-state index contributed by atoms with van der Waals surface area (Å²) in [4.78, 5) is 22.9. The monoisotopic (exact) mass is 276 g/mol. The quantitative estimate of drug-likeness (QED) is 0.522. The molecule has 4 N–H and O–H groups in total. The Hall–Kier alpha value is -1.73. The van der Waals surface area contributed by atoms with E-state index in [1.807, 2.05) is 13.0 Å². The van der Waals surface area contributed by atoms with Crippen LogP contribution in [0.5, 0.6) is 0 Å². The molecule has 2 aliphatic rings. The van der Waals surface area contributed by atoms with Gasteiger partial charge in [-0.2, -0.15) is 0 Å². The molecule has 108 valence electrons. The van der Waals surface area contributed by atoms with Crippen LogP contribution in [0, 0.1) is 12.8 Å². The molecule has 2 fully saturated rings. The van der Waals surface area contributed by atoms with Crippen LogP contribution in [0.2, 0.25) is 0 Å². The zero-order valence-corrected chi connectivity index (χ0v) is 11.6. The van der Waals surface area contributed by atoms with Crippen LogP contribution in [0.3, 0.4) is 0 Å². The predicted octanol–water partition coefficient (Wildman–Crippen LogP) is -0.219. The zero-order valence-electron chi connectivity index (χ0n) is 11.6. The molecule has 0 spiro atoms. The third kappa shape index (κ3) is 2.46. The van der Waals surface area contributed by atoms with Crippen LogP contribution in [-0.4, -0.2) is 39.9 Å². The van der Waals surface area contributed by atoms with Gasteiger partial charge in [-0.3, -0.25) is 9.69 Å². The van der Waals surface area contributed by atoms with Crippen LogP contribution in [-0.2, 0) is 11.3 Å². The Morgan fingerprint density at radius 3 is 3.20 bits per heavy atom. The van der Waals surface area contributed by atoms with E-state index in [1.54, 1.807) is 0 Å². The van der Waals surface area contributed by atoms with Crippen molar-refractivity contribution in [3.8, 4) is 0 Å². The van der Waals surface area contributed by atoms with Crippen molar-refractivity contribution in [1.29, 1.82) is 0 Å². The molecular formula is C13H20N6O. The number of nitrogens with one attached hydrogen (secondary N) is 2. The number of nitrogens with zero attached hydrogens (tertiary/aromatic N) is 3. The third-order valence-corrected chi connectivity index (χ3v) is 4.11. The topological polar surface area (TPSA) is 96.2 Å². The van der Waals surface area contributed by atoms with Crippen molar-refractivity contribution in [3.63, 3.8) is 0 Å². The van der Waals surface area contributed by atoms with E-state index in [1.165, 1.54) is 0 Å². The number of piperidine rings is 1. The van der Waals surface area contributed by atoms with Crippen molar-refractivity contribution < 1.29 is 4.79 Å². The van der Waals surface area contributed by atoms with E-state index in [0.717, 1.165) is 37.4 Å². The fraction of sp³-hybridized carbons (Fsp3) is 0.615. The Morgan fingerprint density at radius 1 is 1.55 bits per heavy atom. The minimum absolute atomic E-state index is 0.126. The molecular weight excluding hydrogens is 256 g/mol. The van der Waals surface area contributed by atoms with Gasteiger partial charge in [0.25, 0.3) is 0 Å². The Morgan fingerprint density at radius 2 is 2.40 bits per heavy atom. The number of nitrogen functional groups attached to an aromatic ring is 1. The molecule has 0 radical (unpaired) electrons. The number of likely N-dealkylation sites (tertiary alicyclic amines) is 1. The lowest BCUT2D eigenvalue weighted by Gasteiger charge is -2.35. The Bertz CT molecular complexity index is 520. The van der Waals surface area contributed by atoms with Gasteiger partial charge in [0.15, 0.2) is 0 Å². The predicted molar refractivity (Wildman–Crippen MR) is 74.5 cm³/mol. The zero-order chi connectivity index (χ0) is 14.1.